The number of methoxy groups -OCH3 is 1. The van der Waals surface area contributed by atoms with Crippen LogP contribution in [-0.4, -0.2) is 24.5 Å². The molecule has 1 aromatic carbocycles. The van der Waals surface area contributed by atoms with Gasteiger partial charge in [0.25, 0.3) is 0 Å². The number of aromatic nitrogens is 1. The molecule has 2 N–H and O–H groups in total. The van der Waals surface area contributed by atoms with Crippen LogP contribution in [0.5, 0.6) is 5.75 Å². The van der Waals surface area contributed by atoms with Gasteiger partial charge in [0.05, 0.1) is 12.8 Å². The van der Waals surface area contributed by atoms with Crippen molar-refractivity contribution in [3.05, 3.63) is 30.5 Å². The molecule has 5 nitrogen and oxygen atoms in total. The van der Waals surface area contributed by atoms with Gasteiger partial charge in [0, 0.05) is 24.5 Å². The second-order valence-corrected chi connectivity index (χ2v) is 4.15. The Kier molecular flexibility index (Phi) is 2.51. The largest absolute Gasteiger partial charge is 0.494 e. The number of hydrogen-bond donors (Lipinski definition) is 1. The zero-order valence-corrected chi connectivity index (χ0v) is 10.1. The average Bonchev–Trinajstić information content (AvgIpc) is 2.84. The minimum Gasteiger partial charge on any atom is -0.494 e. The Morgan fingerprint density at radius 3 is 2.94 bits per heavy atom. The van der Waals surface area contributed by atoms with Gasteiger partial charge in [-0.05, 0) is 12.1 Å². The van der Waals surface area contributed by atoms with E-state index in [1.807, 2.05) is 29.3 Å². The molecule has 2 aromatic rings. The first-order valence-electron chi connectivity index (χ1n) is 5.82. The minimum atomic E-state index is 0.669. The lowest BCUT2D eigenvalue weighted by Crippen LogP contribution is -2.12. The first kappa shape index (κ1) is 10.8. The molecule has 0 spiro atoms. The molecule has 0 unspecified atom stereocenters. The van der Waals surface area contributed by atoms with Crippen LogP contribution >= 0.6 is 0 Å². The monoisotopic (exact) mass is 242 g/mol. The van der Waals surface area contributed by atoms with Gasteiger partial charge in [-0.3, -0.25) is 9.99 Å². The number of hydrazone groups is 1. The summed E-state index contributed by atoms with van der Waals surface area (Å²) >= 11 is 0. The number of rotatable bonds is 2. The van der Waals surface area contributed by atoms with Crippen molar-refractivity contribution in [3.63, 3.8) is 0 Å². The molecule has 0 saturated heterocycles. The highest BCUT2D eigenvalue weighted by Crippen LogP contribution is 2.31. The summed E-state index contributed by atoms with van der Waals surface area (Å²) in [5.41, 5.74) is 7.59. The van der Waals surface area contributed by atoms with Crippen molar-refractivity contribution < 1.29 is 4.74 Å². The minimum absolute atomic E-state index is 0.669. The zero-order chi connectivity index (χ0) is 12.5. The van der Waals surface area contributed by atoms with E-state index in [0.29, 0.717) is 5.84 Å². The zero-order valence-electron chi connectivity index (χ0n) is 10.1. The molecule has 3 rings (SSSR count). The molecule has 0 saturated carbocycles. The third kappa shape index (κ3) is 1.64. The number of anilines is 1. The third-order valence-electron chi connectivity index (χ3n) is 3.04. The number of benzene rings is 1. The Morgan fingerprint density at radius 1 is 1.33 bits per heavy atom. The second kappa shape index (κ2) is 4.18. The van der Waals surface area contributed by atoms with Crippen LogP contribution in [0.4, 0.5) is 5.69 Å². The molecule has 0 atom stereocenters. The summed E-state index contributed by atoms with van der Waals surface area (Å²) in [5.74, 6) is 1.44. The van der Waals surface area contributed by atoms with Crippen molar-refractivity contribution >= 4 is 22.4 Å². The lowest BCUT2D eigenvalue weighted by molar-refractivity contribution is 0.419. The van der Waals surface area contributed by atoms with Crippen LogP contribution in [0.3, 0.4) is 0 Å². The summed E-state index contributed by atoms with van der Waals surface area (Å²) in [5, 5.41) is 7.26. The molecule has 18 heavy (non-hydrogen) atoms. The summed E-state index contributed by atoms with van der Waals surface area (Å²) < 4.78 is 5.32. The lowest BCUT2D eigenvalue weighted by atomic mass is 10.1. The first-order chi connectivity index (χ1) is 8.79. The SMILES string of the molecule is COc1cccc2c(N3CCC(N)=N3)ccnc12. The number of ether oxygens (including phenoxy) is 1. The smallest absolute Gasteiger partial charge is 0.145 e. The molecule has 0 fully saturated rings. The van der Waals surface area contributed by atoms with Gasteiger partial charge in [-0.2, -0.15) is 5.10 Å². The second-order valence-electron chi connectivity index (χ2n) is 4.15. The van der Waals surface area contributed by atoms with Crippen molar-refractivity contribution in [1.82, 2.24) is 4.98 Å². The molecule has 0 radical (unpaired) electrons. The third-order valence-corrected chi connectivity index (χ3v) is 3.04. The van der Waals surface area contributed by atoms with Crippen LogP contribution in [0.1, 0.15) is 6.42 Å². The fourth-order valence-electron chi connectivity index (χ4n) is 2.17. The van der Waals surface area contributed by atoms with Crippen LogP contribution in [-0.2, 0) is 0 Å². The van der Waals surface area contributed by atoms with E-state index >= 15 is 0 Å². The van der Waals surface area contributed by atoms with Gasteiger partial charge in [-0.25, -0.2) is 0 Å². The van der Waals surface area contributed by atoms with E-state index in [1.54, 1.807) is 13.3 Å². The number of fused-ring (bicyclic) bond motifs is 1. The number of pyridine rings is 1. The maximum absolute atomic E-state index is 5.73. The molecule has 0 amide bonds. The van der Waals surface area contributed by atoms with Crippen molar-refractivity contribution in [2.45, 2.75) is 6.42 Å². The molecule has 1 aliphatic rings. The fourth-order valence-corrected chi connectivity index (χ4v) is 2.17. The summed E-state index contributed by atoms with van der Waals surface area (Å²) in [4.78, 5) is 4.37. The topological polar surface area (TPSA) is 63.7 Å². The van der Waals surface area contributed by atoms with Crippen molar-refractivity contribution in [2.24, 2.45) is 10.8 Å². The summed E-state index contributed by atoms with van der Waals surface area (Å²) in [6.45, 7) is 0.808. The maximum atomic E-state index is 5.73. The summed E-state index contributed by atoms with van der Waals surface area (Å²) in [6, 6.07) is 7.82. The molecular weight excluding hydrogens is 228 g/mol. The van der Waals surface area contributed by atoms with Gasteiger partial charge in [0.2, 0.25) is 0 Å². The summed E-state index contributed by atoms with van der Waals surface area (Å²) in [6.07, 6.45) is 2.57. The van der Waals surface area contributed by atoms with E-state index < -0.39 is 0 Å². The van der Waals surface area contributed by atoms with Crippen molar-refractivity contribution in [2.75, 3.05) is 18.7 Å². The average molecular weight is 242 g/mol. The number of amidine groups is 1. The van der Waals surface area contributed by atoms with Gasteiger partial charge in [0.15, 0.2) is 0 Å². The van der Waals surface area contributed by atoms with Gasteiger partial charge >= 0.3 is 0 Å². The Morgan fingerprint density at radius 2 is 2.22 bits per heavy atom. The standard InChI is InChI=1S/C13H14N4O/c1-18-11-4-2-3-9-10(5-7-15-13(9)11)17-8-6-12(14)16-17/h2-5,7H,6,8H2,1H3,(H2,14,16). The van der Waals surface area contributed by atoms with Crippen molar-refractivity contribution in [3.8, 4) is 5.75 Å². The highest BCUT2D eigenvalue weighted by atomic mass is 16.5. The van der Waals surface area contributed by atoms with Crippen LogP contribution in [0.2, 0.25) is 0 Å². The lowest BCUT2D eigenvalue weighted by Gasteiger charge is -2.16. The first-order valence-corrected chi connectivity index (χ1v) is 5.82. The Hall–Kier alpha value is -2.30. The predicted molar refractivity (Wildman–Crippen MR) is 71.9 cm³/mol. The summed E-state index contributed by atoms with van der Waals surface area (Å²) in [7, 11) is 1.65. The van der Waals surface area contributed by atoms with Crippen molar-refractivity contribution in [1.29, 1.82) is 0 Å². The van der Waals surface area contributed by atoms with E-state index in [4.69, 9.17) is 10.5 Å². The number of nitrogens with zero attached hydrogens (tertiary/aromatic N) is 3. The normalized spacial score (nSPS) is 14.9. The predicted octanol–water partition coefficient (Wildman–Crippen LogP) is 1.73. The van der Waals surface area contributed by atoms with E-state index in [1.165, 1.54) is 0 Å². The molecular formula is C13H14N4O. The number of nitrogens with two attached hydrogens (primary N) is 1. The maximum Gasteiger partial charge on any atom is 0.145 e. The molecule has 0 bridgehead atoms. The van der Waals surface area contributed by atoms with Crippen LogP contribution in [0.25, 0.3) is 10.9 Å². The highest BCUT2D eigenvalue weighted by molar-refractivity contribution is 5.96. The molecule has 92 valence electrons. The van der Waals surface area contributed by atoms with E-state index in [9.17, 15) is 0 Å². The van der Waals surface area contributed by atoms with Gasteiger partial charge in [-0.15, -0.1) is 0 Å². The molecule has 1 aromatic heterocycles. The molecule has 0 aliphatic carbocycles. The van der Waals surface area contributed by atoms with E-state index in [-0.39, 0.29) is 0 Å². The van der Waals surface area contributed by atoms with Gasteiger partial charge in [0.1, 0.15) is 17.1 Å². The number of para-hydroxylation sites is 1. The van der Waals surface area contributed by atoms with E-state index in [0.717, 1.165) is 35.3 Å². The van der Waals surface area contributed by atoms with E-state index in [2.05, 4.69) is 10.1 Å². The quantitative estimate of drug-likeness (QED) is 0.871. The Balaban J connectivity index is 2.19. The van der Waals surface area contributed by atoms with Crippen LogP contribution in [0, 0.1) is 0 Å². The van der Waals surface area contributed by atoms with Gasteiger partial charge < -0.3 is 10.5 Å². The molecule has 2 heterocycles. The van der Waals surface area contributed by atoms with Crippen LogP contribution < -0.4 is 15.5 Å². The number of hydrogen-bond acceptors (Lipinski definition) is 5. The van der Waals surface area contributed by atoms with Crippen LogP contribution in [0.15, 0.2) is 35.6 Å². The molecule has 5 heteroatoms. The molecule has 1 aliphatic heterocycles. The highest BCUT2D eigenvalue weighted by Gasteiger charge is 2.17. The van der Waals surface area contributed by atoms with Gasteiger partial charge in [-0.1, -0.05) is 12.1 Å². The fraction of sp³-hybridized carbons (Fsp3) is 0.231. The Bertz CT molecular complexity index is 623. The Labute approximate surface area is 105 Å².